The van der Waals surface area contributed by atoms with Gasteiger partial charge in [-0.25, -0.2) is 0 Å². The van der Waals surface area contributed by atoms with E-state index in [1.165, 1.54) is 25.1 Å². The van der Waals surface area contributed by atoms with E-state index < -0.39 is 0 Å². The molecule has 1 aromatic carbocycles. The zero-order valence-electron chi connectivity index (χ0n) is 13.2. The fraction of sp³-hybridized carbons (Fsp3) is 0.647. The first-order chi connectivity index (χ1) is 9.63. The van der Waals surface area contributed by atoms with Gasteiger partial charge in [0.1, 0.15) is 5.75 Å². The van der Waals surface area contributed by atoms with Crippen molar-refractivity contribution < 1.29 is 4.74 Å². The molecule has 0 spiro atoms. The molecule has 3 atom stereocenters. The number of likely N-dealkylation sites (tertiary alicyclic amines) is 1. The zero-order chi connectivity index (χ0) is 14.5. The van der Waals surface area contributed by atoms with Crippen molar-refractivity contribution in [1.82, 2.24) is 10.2 Å². The van der Waals surface area contributed by atoms with Crippen molar-refractivity contribution in [1.29, 1.82) is 0 Å². The molecule has 3 nitrogen and oxygen atoms in total. The standard InChI is InChI=1S/C17H28N2O/c1-5-16(14-6-8-15(20-4)9-7-14)18-17-10-11-19(3)12-13(17)2/h6-9,13,16-18H,5,10-12H2,1-4H3. The van der Waals surface area contributed by atoms with Crippen molar-refractivity contribution in [2.45, 2.75) is 38.8 Å². The van der Waals surface area contributed by atoms with Gasteiger partial charge in [-0.2, -0.15) is 0 Å². The molecule has 1 aliphatic heterocycles. The second-order valence-electron chi connectivity index (χ2n) is 6.04. The molecule has 0 bridgehead atoms. The largest absolute Gasteiger partial charge is 0.497 e. The quantitative estimate of drug-likeness (QED) is 0.894. The third-order valence-electron chi connectivity index (χ3n) is 4.45. The van der Waals surface area contributed by atoms with E-state index in [0.29, 0.717) is 18.0 Å². The molecule has 0 radical (unpaired) electrons. The van der Waals surface area contributed by atoms with E-state index >= 15 is 0 Å². The summed E-state index contributed by atoms with van der Waals surface area (Å²) < 4.78 is 5.24. The number of nitrogens with zero attached hydrogens (tertiary/aromatic N) is 1. The Morgan fingerprint density at radius 1 is 1.35 bits per heavy atom. The Morgan fingerprint density at radius 3 is 2.60 bits per heavy atom. The van der Waals surface area contributed by atoms with Crippen LogP contribution in [-0.4, -0.2) is 38.2 Å². The molecular formula is C17H28N2O. The van der Waals surface area contributed by atoms with Crippen molar-refractivity contribution in [2.24, 2.45) is 5.92 Å². The van der Waals surface area contributed by atoms with E-state index in [4.69, 9.17) is 4.74 Å². The summed E-state index contributed by atoms with van der Waals surface area (Å²) in [7, 11) is 3.93. The Hall–Kier alpha value is -1.06. The third kappa shape index (κ3) is 3.74. The van der Waals surface area contributed by atoms with Crippen molar-refractivity contribution in [2.75, 3.05) is 27.2 Å². The Balaban J connectivity index is 2.00. The minimum absolute atomic E-state index is 0.441. The van der Waals surface area contributed by atoms with Crippen molar-refractivity contribution in [3.63, 3.8) is 0 Å². The van der Waals surface area contributed by atoms with Crippen LogP contribution in [0.3, 0.4) is 0 Å². The lowest BCUT2D eigenvalue weighted by atomic mass is 9.92. The molecule has 2 rings (SSSR count). The summed E-state index contributed by atoms with van der Waals surface area (Å²) in [5, 5.41) is 3.86. The fourth-order valence-corrected chi connectivity index (χ4v) is 3.15. The molecule has 3 heteroatoms. The number of hydrogen-bond acceptors (Lipinski definition) is 3. The zero-order valence-corrected chi connectivity index (χ0v) is 13.2. The van der Waals surface area contributed by atoms with Gasteiger partial charge in [0, 0.05) is 18.6 Å². The normalized spacial score (nSPS) is 25.4. The monoisotopic (exact) mass is 276 g/mol. The summed E-state index contributed by atoms with van der Waals surface area (Å²) >= 11 is 0. The Morgan fingerprint density at radius 2 is 2.05 bits per heavy atom. The van der Waals surface area contributed by atoms with Crippen molar-refractivity contribution >= 4 is 0 Å². The van der Waals surface area contributed by atoms with Crippen molar-refractivity contribution in [3.8, 4) is 5.75 Å². The molecule has 1 saturated heterocycles. The predicted molar refractivity (Wildman–Crippen MR) is 84.2 cm³/mol. The maximum Gasteiger partial charge on any atom is 0.118 e. The van der Waals surface area contributed by atoms with Gasteiger partial charge in [-0.1, -0.05) is 26.0 Å². The van der Waals surface area contributed by atoms with Crippen molar-refractivity contribution in [3.05, 3.63) is 29.8 Å². The van der Waals surface area contributed by atoms with E-state index in [2.05, 4.69) is 55.4 Å². The van der Waals surface area contributed by atoms with Crippen LogP contribution in [0.1, 0.15) is 38.3 Å². The minimum atomic E-state index is 0.441. The number of ether oxygens (including phenoxy) is 1. The van der Waals surface area contributed by atoms with E-state index in [-0.39, 0.29) is 0 Å². The van der Waals surface area contributed by atoms with Gasteiger partial charge in [0.05, 0.1) is 7.11 Å². The molecule has 1 aliphatic rings. The highest BCUT2D eigenvalue weighted by Crippen LogP contribution is 2.24. The smallest absolute Gasteiger partial charge is 0.118 e. The van der Waals surface area contributed by atoms with Gasteiger partial charge < -0.3 is 15.0 Å². The SMILES string of the molecule is CCC(NC1CCN(C)CC1C)c1ccc(OC)cc1. The number of nitrogens with one attached hydrogen (secondary N) is 1. The number of piperidine rings is 1. The molecule has 1 heterocycles. The van der Waals surface area contributed by atoms with E-state index in [1.54, 1.807) is 7.11 Å². The summed E-state index contributed by atoms with van der Waals surface area (Å²) in [5.74, 6) is 1.64. The topological polar surface area (TPSA) is 24.5 Å². The van der Waals surface area contributed by atoms with Gasteiger partial charge >= 0.3 is 0 Å². The molecule has 1 N–H and O–H groups in total. The lowest BCUT2D eigenvalue weighted by molar-refractivity contribution is 0.165. The van der Waals surface area contributed by atoms with E-state index in [9.17, 15) is 0 Å². The molecule has 0 aromatic heterocycles. The average molecular weight is 276 g/mol. The third-order valence-corrected chi connectivity index (χ3v) is 4.45. The lowest BCUT2D eigenvalue weighted by Gasteiger charge is -2.37. The summed E-state index contributed by atoms with van der Waals surface area (Å²) in [4.78, 5) is 2.43. The molecule has 0 saturated carbocycles. The fourth-order valence-electron chi connectivity index (χ4n) is 3.15. The average Bonchev–Trinajstić information content (AvgIpc) is 2.47. The highest BCUT2D eigenvalue weighted by atomic mass is 16.5. The second kappa shape index (κ2) is 7.09. The maximum atomic E-state index is 5.24. The first-order valence-corrected chi connectivity index (χ1v) is 7.72. The van der Waals surface area contributed by atoms with Crippen LogP contribution in [0.25, 0.3) is 0 Å². The van der Waals surface area contributed by atoms with Crippen LogP contribution < -0.4 is 10.1 Å². The molecule has 1 fully saturated rings. The number of methoxy groups -OCH3 is 1. The minimum Gasteiger partial charge on any atom is -0.497 e. The Bertz CT molecular complexity index is 404. The first kappa shape index (κ1) is 15.3. The summed E-state index contributed by atoms with van der Waals surface area (Å²) in [6, 6.07) is 9.53. The Kier molecular flexibility index (Phi) is 5.44. The van der Waals surface area contributed by atoms with Gasteiger partial charge in [-0.15, -0.1) is 0 Å². The van der Waals surface area contributed by atoms with Crippen LogP contribution >= 0.6 is 0 Å². The van der Waals surface area contributed by atoms with Gasteiger partial charge in [0.15, 0.2) is 0 Å². The summed E-state index contributed by atoms with van der Waals surface area (Å²) in [6.07, 6.45) is 2.36. The van der Waals surface area contributed by atoms with Gasteiger partial charge in [-0.05, 0) is 50.0 Å². The van der Waals surface area contributed by atoms with Gasteiger partial charge in [0.25, 0.3) is 0 Å². The Labute approximate surface area is 123 Å². The lowest BCUT2D eigenvalue weighted by Crippen LogP contribution is -2.47. The van der Waals surface area contributed by atoms with Crippen LogP contribution in [0.2, 0.25) is 0 Å². The molecule has 1 aromatic rings. The molecular weight excluding hydrogens is 248 g/mol. The molecule has 0 amide bonds. The first-order valence-electron chi connectivity index (χ1n) is 7.72. The predicted octanol–water partition coefficient (Wildman–Crippen LogP) is 3.08. The maximum absolute atomic E-state index is 5.24. The van der Waals surface area contributed by atoms with Gasteiger partial charge in [-0.3, -0.25) is 0 Å². The number of benzene rings is 1. The number of rotatable bonds is 5. The van der Waals surface area contributed by atoms with Crippen LogP contribution in [0, 0.1) is 5.92 Å². The molecule has 0 aliphatic carbocycles. The summed E-state index contributed by atoms with van der Waals surface area (Å²) in [5.41, 5.74) is 1.36. The summed E-state index contributed by atoms with van der Waals surface area (Å²) in [6.45, 7) is 6.99. The molecule has 112 valence electrons. The molecule has 20 heavy (non-hydrogen) atoms. The van der Waals surface area contributed by atoms with E-state index in [1.807, 2.05) is 0 Å². The molecule has 3 unspecified atom stereocenters. The van der Waals surface area contributed by atoms with Crippen LogP contribution in [0.15, 0.2) is 24.3 Å². The van der Waals surface area contributed by atoms with Crippen LogP contribution in [-0.2, 0) is 0 Å². The highest BCUT2D eigenvalue weighted by molar-refractivity contribution is 5.29. The van der Waals surface area contributed by atoms with Crippen LogP contribution in [0.4, 0.5) is 0 Å². The number of hydrogen-bond donors (Lipinski definition) is 1. The highest BCUT2D eigenvalue weighted by Gasteiger charge is 2.26. The second-order valence-corrected chi connectivity index (χ2v) is 6.04. The van der Waals surface area contributed by atoms with Gasteiger partial charge in [0.2, 0.25) is 0 Å². The van der Waals surface area contributed by atoms with Crippen LogP contribution in [0.5, 0.6) is 5.75 Å². The van der Waals surface area contributed by atoms with E-state index in [0.717, 1.165) is 12.2 Å².